The van der Waals surface area contributed by atoms with Crippen LogP contribution >= 0.6 is 0 Å². The molecule has 0 bridgehead atoms. The van der Waals surface area contributed by atoms with E-state index in [1.54, 1.807) is 0 Å². The number of hydrogen-bond acceptors (Lipinski definition) is 3. The van der Waals surface area contributed by atoms with E-state index in [1.807, 2.05) is 7.11 Å². The van der Waals surface area contributed by atoms with Crippen LogP contribution < -0.4 is 10.1 Å². The Kier molecular flexibility index (Phi) is 5.65. The van der Waals surface area contributed by atoms with Gasteiger partial charge in [-0.1, -0.05) is 32.9 Å². The van der Waals surface area contributed by atoms with Crippen LogP contribution in [0, 0.1) is 0 Å². The van der Waals surface area contributed by atoms with Gasteiger partial charge < -0.3 is 14.8 Å². The van der Waals surface area contributed by atoms with Gasteiger partial charge in [-0.15, -0.1) is 0 Å². The first-order valence-corrected chi connectivity index (χ1v) is 8.24. The molecule has 0 fully saturated rings. The van der Waals surface area contributed by atoms with Crippen molar-refractivity contribution in [1.82, 2.24) is 5.32 Å². The Morgan fingerprint density at radius 1 is 1.29 bits per heavy atom. The summed E-state index contributed by atoms with van der Waals surface area (Å²) in [6, 6.07) is 6.83. The molecule has 2 rings (SSSR count). The topological polar surface area (TPSA) is 30.5 Å². The molecule has 1 aliphatic rings. The molecule has 21 heavy (non-hydrogen) atoms. The van der Waals surface area contributed by atoms with Crippen LogP contribution in [-0.4, -0.2) is 25.9 Å². The van der Waals surface area contributed by atoms with Crippen LogP contribution in [0.25, 0.3) is 0 Å². The lowest BCUT2D eigenvalue weighted by Gasteiger charge is -2.39. The summed E-state index contributed by atoms with van der Waals surface area (Å²) in [4.78, 5) is 0. The largest absolute Gasteiger partial charge is 0.493 e. The van der Waals surface area contributed by atoms with E-state index in [4.69, 9.17) is 9.47 Å². The average molecular weight is 291 g/mol. The number of hydrogen-bond donors (Lipinski definition) is 1. The molecule has 0 aromatic heterocycles. The van der Waals surface area contributed by atoms with E-state index in [0.29, 0.717) is 0 Å². The number of benzene rings is 1. The van der Waals surface area contributed by atoms with Crippen LogP contribution in [-0.2, 0) is 11.2 Å². The molecule has 3 heteroatoms. The van der Waals surface area contributed by atoms with E-state index in [1.165, 1.54) is 11.1 Å². The molecule has 0 amide bonds. The predicted molar refractivity (Wildman–Crippen MR) is 87.0 cm³/mol. The van der Waals surface area contributed by atoms with E-state index < -0.39 is 0 Å². The van der Waals surface area contributed by atoms with Gasteiger partial charge >= 0.3 is 0 Å². The summed E-state index contributed by atoms with van der Waals surface area (Å²) in [6.07, 6.45) is 4.13. The van der Waals surface area contributed by atoms with Gasteiger partial charge in [0.25, 0.3) is 0 Å². The SMILES string of the molecule is CCCNC(c1ccc2c(c1)CCO2)C(CC)(CC)OC. The van der Waals surface area contributed by atoms with Gasteiger partial charge in [0.05, 0.1) is 18.2 Å². The van der Waals surface area contributed by atoms with Crippen LogP contribution in [0.15, 0.2) is 18.2 Å². The quantitative estimate of drug-likeness (QED) is 0.788. The summed E-state index contributed by atoms with van der Waals surface area (Å²) < 4.78 is 11.6. The second kappa shape index (κ2) is 7.28. The molecule has 118 valence electrons. The number of rotatable bonds is 8. The van der Waals surface area contributed by atoms with Crippen molar-refractivity contribution in [3.8, 4) is 5.75 Å². The van der Waals surface area contributed by atoms with Gasteiger partial charge in [-0.2, -0.15) is 0 Å². The Bertz CT molecular complexity index is 446. The highest BCUT2D eigenvalue weighted by atomic mass is 16.5. The van der Waals surface area contributed by atoms with Crippen molar-refractivity contribution in [2.24, 2.45) is 0 Å². The van der Waals surface area contributed by atoms with Crippen molar-refractivity contribution in [3.05, 3.63) is 29.3 Å². The second-order valence-corrected chi connectivity index (χ2v) is 5.83. The Balaban J connectivity index is 2.34. The number of nitrogens with one attached hydrogen (secondary N) is 1. The molecule has 1 N–H and O–H groups in total. The highest BCUT2D eigenvalue weighted by molar-refractivity contribution is 5.41. The van der Waals surface area contributed by atoms with E-state index in [0.717, 1.165) is 44.6 Å². The summed E-state index contributed by atoms with van der Waals surface area (Å²) in [5.41, 5.74) is 2.49. The Morgan fingerprint density at radius 3 is 2.67 bits per heavy atom. The zero-order valence-electron chi connectivity index (χ0n) is 13.9. The fourth-order valence-corrected chi connectivity index (χ4v) is 3.35. The maximum absolute atomic E-state index is 5.98. The van der Waals surface area contributed by atoms with E-state index in [-0.39, 0.29) is 11.6 Å². The van der Waals surface area contributed by atoms with Crippen molar-refractivity contribution in [1.29, 1.82) is 0 Å². The van der Waals surface area contributed by atoms with Crippen molar-refractivity contribution in [3.63, 3.8) is 0 Å². The van der Waals surface area contributed by atoms with E-state index in [2.05, 4.69) is 44.3 Å². The van der Waals surface area contributed by atoms with Gasteiger partial charge in [-0.05, 0) is 43.0 Å². The third-order valence-electron chi connectivity index (χ3n) is 4.77. The molecule has 0 saturated carbocycles. The lowest BCUT2D eigenvalue weighted by atomic mass is 9.83. The second-order valence-electron chi connectivity index (χ2n) is 5.83. The minimum absolute atomic E-state index is 0.150. The van der Waals surface area contributed by atoms with Gasteiger partial charge in [-0.3, -0.25) is 0 Å². The average Bonchev–Trinajstić information content (AvgIpc) is 2.99. The van der Waals surface area contributed by atoms with Gasteiger partial charge in [0.1, 0.15) is 5.75 Å². The van der Waals surface area contributed by atoms with E-state index >= 15 is 0 Å². The van der Waals surface area contributed by atoms with Gasteiger partial charge in [-0.25, -0.2) is 0 Å². The molecular weight excluding hydrogens is 262 g/mol. The summed E-state index contributed by atoms with van der Waals surface area (Å²) in [6.45, 7) is 8.44. The zero-order chi connectivity index (χ0) is 15.3. The smallest absolute Gasteiger partial charge is 0.122 e. The summed E-state index contributed by atoms with van der Waals surface area (Å²) in [7, 11) is 1.84. The molecule has 0 saturated heterocycles. The minimum Gasteiger partial charge on any atom is -0.493 e. The molecule has 1 aromatic carbocycles. The van der Waals surface area contributed by atoms with Crippen molar-refractivity contribution in [2.75, 3.05) is 20.3 Å². The normalized spacial score (nSPS) is 15.6. The van der Waals surface area contributed by atoms with Crippen LogP contribution in [0.5, 0.6) is 5.75 Å². The standard InChI is InChI=1S/C18H29NO2/c1-5-11-19-17(18(6-2,7-3)20-4)15-8-9-16-14(13-15)10-12-21-16/h8-9,13,17,19H,5-7,10-12H2,1-4H3. The van der Waals surface area contributed by atoms with Crippen LogP contribution in [0.2, 0.25) is 0 Å². The summed E-state index contributed by atoms with van der Waals surface area (Å²) in [5, 5.41) is 3.70. The first-order valence-electron chi connectivity index (χ1n) is 8.24. The molecule has 1 aromatic rings. The monoisotopic (exact) mass is 291 g/mol. The first-order chi connectivity index (χ1) is 10.2. The molecule has 1 unspecified atom stereocenters. The van der Waals surface area contributed by atoms with Crippen molar-refractivity contribution < 1.29 is 9.47 Å². The van der Waals surface area contributed by atoms with Crippen LogP contribution in [0.4, 0.5) is 0 Å². The third-order valence-corrected chi connectivity index (χ3v) is 4.77. The molecule has 0 spiro atoms. The molecule has 0 aliphatic carbocycles. The molecule has 1 heterocycles. The molecule has 3 nitrogen and oxygen atoms in total. The minimum atomic E-state index is -0.150. The number of fused-ring (bicyclic) bond motifs is 1. The Hall–Kier alpha value is -1.06. The first kappa shape index (κ1) is 16.3. The van der Waals surface area contributed by atoms with E-state index in [9.17, 15) is 0 Å². The lowest BCUT2D eigenvalue weighted by molar-refractivity contribution is -0.0485. The molecule has 1 atom stereocenters. The number of ether oxygens (including phenoxy) is 2. The highest BCUT2D eigenvalue weighted by Crippen LogP contribution is 2.37. The zero-order valence-corrected chi connectivity index (χ0v) is 13.9. The fraction of sp³-hybridized carbons (Fsp3) is 0.667. The highest BCUT2D eigenvalue weighted by Gasteiger charge is 2.37. The predicted octanol–water partition coefficient (Wildman–Crippen LogP) is 3.87. The van der Waals surface area contributed by atoms with Gasteiger partial charge in [0, 0.05) is 13.5 Å². The fourth-order valence-electron chi connectivity index (χ4n) is 3.35. The van der Waals surface area contributed by atoms with Crippen molar-refractivity contribution >= 4 is 0 Å². The van der Waals surface area contributed by atoms with Crippen LogP contribution in [0.1, 0.15) is 57.2 Å². The molecular formula is C18H29NO2. The van der Waals surface area contributed by atoms with Gasteiger partial charge in [0.2, 0.25) is 0 Å². The lowest BCUT2D eigenvalue weighted by Crippen LogP contribution is -2.45. The maximum Gasteiger partial charge on any atom is 0.122 e. The van der Waals surface area contributed by atoms with Crippen molar-refractivity contribution in [2.45, 2.75) is 58.1 Å². The molecule has 0 radical (unpaired) electrons. The molecule has 1 aliphatic heterocycles. The third kappa shape index (κ3) is 3.24. The summed E-state index contributed by atoms with van der Waals surface area (Å²) in [5.74, 6) is 1.05. The Labute approximate surface area is 129 Å². The maximum atomic E-state index is 5.98. The van der Waals surface area contributed by atoms with Gasteiger partial charge in [0.15, 0.2) is 0 Å². The summed E-state index contributed by atoms with van der Waals surface area (Å²) >= 11 is 0. The number of methoxy groups -OCH3 is 1. The van der Waals surface area contributed by atoms with Crippen LogP contribution in [0.3, 0.4) is 0 Å². The Morgan fingerprint density at radius 2 is 2.05 bits per heavy atom.